The van der Waals surface area contributed by atoms with E-state index in [4.69, 9.17) is 4.74 Å². The molecular weight excluding hydrogens is 304 g/mol. The van der Waals surface area contributed by atoms with E-state index in [1.54, 1.807) is 0 Å². The van der Waals surface area contributed by atoms with Crippen molar-refractivity contribution in [2.75, 3.05) is 37.7 Å². The highest BCUT2D eigenvalue weighted by molar-refractivity contribution is 9.10. The highest BCUT2D eigenvalue weighted by Gasteiger charge is 2.14. The van der Waals surface area contributed by atoms with Gasteiger partial charge in [-0.2, -0.15) is 0 Å². The van der Waals surface area contributed by atoms with Crippen molar-refractivity contribution in [2.24, 2.45) is 5.92 Å². The Kier molecular flexibility index (Phi) is 5.67. The van der Waals surface area contributed by atoms with Gasteiger partial charge in [-0.1, -0.05) is 29.8 Å². The van der Waals surface area contributed by atoms with Gasteiger partial charge in [-0.25, -0.2) is 0 Å². The molecule has 0 aliphatic carbocycles. The van der Waals surface area contributed by atoms with Crippen molar-refractivity contribution in [1.29, 1.82) is 0 Å². The van der Waals surface area contributed by atoms with E-state index in [-0.39, 0.29) is 0 Å². The number of anilines is 1. The second-order valence-electron chi connectivity index (χ2n) is 5.40. The molecule has 1 aromatic rings. The lowest BCUT2D eigenvalue weighted by Crippen LogP contribution is -2.37. The Balaban J connectivity index is 2.08. The lowest BCUT2D eigenvalue weighted by Gasteiger charge is -2.31. The monoisotopic (exact) mass is 326 g/mol. The van der Waals surface area contributed by atoms with Gasteiger partial charge in [0.05, 0.1) is 13.2 Å². The molecule has 0 amide bonds. The number of halogens is 1. The Labute approximate surface area is 124 Å². The summed E-state index contributed by atoms with van der Waals surface area (Å²) in [4.78, 5) is 2.42. The van der Waals surface area contributed by atoms with E-state index in [9.17, 15) is 0 Å². The molecule has 1 saturated heterocycles. The smallest absolute Gasteiger partial charge is 0.0642 e. The molecule has 0 spiro atoms. The van der Waals surface area contributed by atoms with Crippen LogP contribution in [0.1, 0.15) is 19.4 Å². The van der Waals surface area contributed by atoms with Gasteiger partial charge in [0, 0.05) is 29.8 Å². The van der Waals surface area contributed by atoms with Gasteiger partial charge in [-0.05, 0) is 36.2 Å². The molecule has 0 saturated carbocycles. The largest absolute Gasteiger partial charge is 0.378 e. The van der Waals surface area contributed by atoms with E-state index in [0.29, 0.717) is 5.92 Å². The lowest BCUT2D eigenvalue weighted by molar-refractivity contribution is 0.122. The molecule has 1 N–H and O–H groups in total. The zero-order chi connectivity index (χ0) is 13.7. The number of ether oxygens (including phenoxy) is 1. The molecule has 0 unspecified atom stereocenters. The van der Waals surface area contributed by atoms with Gasteiger partial charge in [0.1, 0.15) is 0 Å². The van der Waals surface area contributed by atoms with Gasteiger partial charge in [-0.3, -0.25) is 0 Å². The molecule has 1 aromatic carbocycles. The molecular formula is C15H23BrN2O. The van der Waals surface area contributed by atoms with Crippen LogP contribution >= 0.6 is 15.9 Å². The normalized spacial score (nSPS) is 16.1. The second kappa shape index (κ2) is 7.27. The lowest BCUT2D eigenvalue weighted by atomic mass is 10.1. The molecule has 106 valence electrons. The number of hydrogen-bond donors (Lipinski definition) is 1. The van der Waals surface area contributed by atoms with Gasteiger partial charge < -0.3 is 15.0 Å². The quantitative estimate of drug-likeness (QED) is 0.900. The topological polar surface area (TPSA) is 24.5 Å². The van der Waals surface area contributed by atoms with E-state index >= 15 is 0 Å². The number of nitrogens with zero attached hydrogens (tertiary/aromatic N) is 1. The highest BCUT2D eigenvalue weighted by atomic mass is 79.9. The minimum Gasteiger partial charge on any atom is -0.378 e. The van der Waals surface area contributed by atoms with Crippen molar-refractivity contribution >= 4 is 21.6 Å². The van der Waals surface area contributed by atoms with Gasteiger partial charge in [0.25, 0.3) is 0 Å². The summed E-state index contributed by atoms with van der Waals surface area (Å²) in [6.07, 6.45) is 0. The average Bonchev–Trinajstić information content (AvgIpc) is 2.39. The molecule has 0 radical (unpaired) electrons. The molecule has 19 heavy (non-hydrogen) atoms. The number of rotatable bonds is 5. The number of nitrogens with one attached hydrogen (secondary N) is 1. The first kappa shape index (κ1) is 14.8. The minimum absolute atomic E-state index is 0.680. The fourth-order valence-corrected chi connectivity index (χ4v) is 2.71. The van der Waals surface area contributed by atoms with Gasteiger partial charge in [0.2, 0.25) is 0 Å². The molecule has 0 atom stereocenters. The maximum Gasteiger partial charge on any atom is 0.0642 e. The predicted octanol–water partition coefficient (Wildman–Crippen LogP) is 3.03. The molecule has 1 aliphatic rings. The maximum atomic E-state index is 5.43. The Hall–Kier alpha value is -0.580. The first-order chi connectivity index (χ1) is 9.16. The summed E-state index contributed by atoms with van der Waals surface area (Å²) < 4.78 is 6.58. The highest BCUT2D eigenvalue weighted by Crippen LogP contribution is 2.25. The molecule has 4 heteroatoms. The van der Waals surface area contributed by atoms with E-state index < -0.39 is 0 Å². The first-order valence-corrected chi connectivity index (χ1v) is 7.78. The van der Waals surface area contributed by atoms with Crippen LogP contribution in [0.3, 0.4) is 0 Å². The van der Waals surface area contributed by atoms with Crippen molar-refractivity contribution in [3.8, 4) is 0 Å². The van der Waals surface area contributed by atoms with Crippen molar-refractivity contribution < 1.29 is 4.74 Å². The Morgan fingerprint density at radius 3 is 2.74 bits per heavy atom. The van der Waals surface area contributed by atoms with Gasteiger partial charge in [-0.15, -0.1) is 0 Å². The number of morpholine rings is 1. The second-order valence-corrected chi connectivity index (χ2v) is 6.31. The van der Waals surface area contributed by atoms with Crippen LogP contribution in [0.4, 0.5) is 5.69 Å². The first-order valence-electron chi connectivity index (χ1n) is 6.98. The summed E-state index contributed by atoms with van der Waals surface area (Å²) in [7, 11) is 0. The zero-order valence-corrected chi connectivity index (χ0v) is 13.4. The van der Waals surface area contributed by atoms with Crippen molar-refractivity contribution in [3.05, 3.63) is 28.2 Å². The molecule has 0 aromatic heterocycles. The van der Waals surface area contributed by atoms with Crippen LogP contribution in [0.5, 0.6) is 0 Å². The van der Waals surface area contributed by atoms with Crippen molar-refractivity contribution in [2.45, 2.75) is 20.4 Å². The number of hydrogen-bond acceptors (Lipinski definition) is 3. The van der Waals surface area contributed by atoms with Crippen molar-refractivity contribution in [3.63, 3.8) is 0 Å². The fourth-order valence-electron chi connectivity index (χ4n) is 2.30. The van der Waals surface area contributed by atoms with Crippen LogP contribution in [0.2, 0.25) is 0 Å². The summed E-state index contributed by atoms with van der Waals surface area (Å²) in [5.74, 6) is 0.680. The van der Waals surface area contributed by atoms with E-state index in [2.05, 4.69) is 58.2 Å². The minimum atomic E-state index is 0.680. The molecule has 0 bridgehead atoms. The standard InChI is InChI=1S/C15H23BrN2O/c1-12(2)10-17-11-13-9-14(16)3-4-15(13)18-5-7-19-8-6-18/h3-4,9,12,17H,5-8,10-11H2,1-2H3. The maximum absolute atomic E-state index is 5.43. The summed E-state index contributed by atoms with van der Waals surface area (Å²) >= 11 is 3.57. The average molecular weight is 327 g/mol. The van der Waals surface area contributed by atoms with Crippen LogP contribution in [-0.2, 0) is 11.3 Å². The van der Waals surface area contributed by atoms with Gasteiger partial charge >= 0.3 is 0 Å². The van der Waals surface area contributed by atoms with Gasteiger partial charge in [0.15, 0.2) is 0 Å². The summed E-state index contributed by atoms with van der Waals surface area (Å²) in [5.41, 5.74) is 2.69. The van der Waals surface area contributed by atoms with Crippen LogP contribution in [0.15, 0.2) is 22.7 Å². The van der Waals surface area contributed by atoms with E-state index in [0.717, 1.165) is 43.9 Å². The van der Waals surface area contributed by atoms with Crippen LogP contribution in [0, 0.1) is 5.92 Å². The third kappa shape index (κ3) is 4.48. The predicted molar refractivity (Wildman–Crippen MR) is 83.7 cm³/mol. The van der Waals surface area contributed by atoms with Crippen molar-refractivity contribution in [1.82, 2.24) is 5.32 Å². The third-order valence-corrected chi connectivity index (χ3v) is 3.75. The Morgan fingerprint density at radius 1 is 1.32 bits per heavy atom. The van der Waals surface area contributed by atoms with E-state index in [1.165, 1.54) is 11.3 Å². The summed E-state index contributed by atoms with van der Waals surface area (Å²) in [6, 6.07) is 6.55. The third-order valence-electron chi connectivity index (χ3n) is 3.26. The summed E-state index contributed by atoms with van der Waals surface area (Å²) in [5, 5.41) is 3.53. The zero-order valence-electron chi connectivity index (χ0n) is 11.8. The van der Waals surface area contributed by atoms with E-state index in [1.807, 2.05) is 0 Å². The molecule has 1 fully saturated rings. The van der Waals surface area contributed by atoms with Crippen LogP contribution < -0.4 is 10.2 Å². The van der Waals surface area contributed by atoms with Crippen LogP contribution in [0.25, 0.3) is 0 Å². The Bertz CT molecular complexity index is 403. The Morgan fingerprint density at radius 2 is 2.05 bits per heavy atom. The fraction of sp³-hybridized carbons (Fsp3) is 0.600. The molecule has 2 rings (SSSR count). The molecule has 1 heterocycles. The van der Waals surface area contributed by atoms with Crippen LogP contribution in [-0.4, -0.2) is 32.8 Å². The number of benzene rings is 1. The SMILES string of the molecule is CC(C)CNCc1cc(Br)ccc1N1CCOCC1. The summed E-state index contributed by atoms with van der Waals surface area (Å²) in [6.45, 7) is 10.1. The molecule has 3 nitrogen and oxygen atoms in total. The molecule has 1 aliphatic heterocycles.